The van der Waals surface area contributed by atoms with Gasteiger partial charge in [-0.2, -0.15) is 0 Å². The minimum Gasteiger partial charge on any atom is -0.406 e. The van der Waals surface area contributed by atoms with E-state index in [9.17, 15) is 4.79 Å². The average Bonchev–Trinajstić information content (AvgIpc) is 3.42. The molecular formula is C34H39NO2SSi. The Labute approximate surface area is 238 Å². The lowest BCUT2D eigenvalue weighted by Crippen LogP contribution is -2.67. The first-order valence-corrected chi connectivity index (χ1v) is 16.4. The highest BCUT2D eigenvalue weighted by atomic mass is 32.1. The van der Waals surface area contributed by atoms with Gasteiger partial charge in [0.1, 0.15) is 0 Å². The topological polar surface area (TPSA) is 29.5 Å². The molecule has 5 heteroatoms. The summed E-state index contributed by atoms with van der Waals surface area (Å²) in [5.41, 5.74) is 2.35. The molecule has 39 heavy (non-hydrogen) atoms. The first kappa shape index (κ1) is 28.7. The van der Waals surface area contributed by atoms with Gasteiger partial charge in [-0.15, -0.1) is 11.3 Å². The number of carbonyl (C=O) groups excluding carboxylic acids is 1. The molecule has 0 amide bonds. The van der Waals surface area contributed by atoms with Crippen molar-refractivity contribution in [3.8, 4) is 0 Å². The van der Waals surface area contributed by atoms with Crippen molar-refractivity contribution in [1.82, 2.24) is 0 Å². The lowest BCUT2D eigenvalue weighted by molar-refractivity contribution is 0.112. The zero-order chi connectivity index (χ0) is 27.7. The predicted octanol–water partition coefficient (Wildman–Crippen LogP) is 7.52. The van der Waals surface area contributed by atoms with E-state index >= 15 is 0 Å². The van der Waals surface area contributed by atoms with Crippen molar-refractivity contribution in [2.75, 3.05) is 24.6 Å². The first-order chi connectivity index (χ1) is 18.9. The second-order valence-electron chi connectivity index (χ2n) is 10.8. The molecule has 1 heterocycles. The highest BCUT2D eigenvalue weighted by Crippen LogP contribution is 2.36. The summed E-state index contributed by atoms with van der Waals surface area (Å²) in [7, 11) is -2.55. The zero-order valence-corrected chi connectivity index (χ0v) is 25.3. The summed E-state index contributed by atoms with van der Waals surface area (Å²) in [4.78, 5) is 15.2. The minimum absolute atomic E-state index is 0.0334. The number of anilines is 1. The molecule has 3 nitrogen and oxygen atoms in total. The molecule has 0 saturated carbocycles. The van der Waals surface area contributed by atoms with Crippen molar-refractivity contribution in [3.05, 3.63) is 112 Å². The van der Waals surface area contributed by atoms with Crippen LogP contribution in [0.15, 0.2) is 97.1 Å². The third-order valence-corrected chi connectivity index (χ3v) is 13.1. The number of nitrogens with zero attached hydrogens (tertiary/aromatic N) is 1. The van der Waals surface area contributed by atoms with Gasteiger partial charge in [-0.05, 0) is 57.7 Å². The van der Waals surface area contributed by atoms with Gasteiger partial charge < -0.3 is 9.33 Å². The van der Waals surface area contributed by atoms with Gasteiger partial charge in [0.2, 0.25) is 0 Å². The van der Waals surface area contributed by atoms with Gasteiger partial charge in [0, 0.05) is 23.7 Å². The van der Waals surface area contributed by atoms with Crippen LogP contribution in [0.3, 0.4) is 0 Å². The second-order valence-corrected chi connectivity index (χ2v) is 16.2. The normalized spacial score (nSPS) is 12.1. The molecule has 1 aromatic heterocycles. The highest BCUT2D eigenvalue weighted by molar-refractivity contribution is 7.14. The van der Waals surface area contributed by atoms with Crippen LogP contribution in [0.2, 0.25) is 5.04 Å². The van der Waals surface area contributed by atoms with Crippen LogP contribution >= 0.6 is 11.3 Å². The maximum absolute atomic E-state index is 10.9. The summed E-state index contributed by atoms with van der Waals surface area (Å²) < 4.78 is 7.15. The van der Waals surface area contributed by atoms with Crippen molar-refractivity contribution in [3.63, 3.8) is 0 Å². The summed E-state index contributed by atoms with van der Waals surface area (Å²) in [6, 6.07) is 34.2. The minimum atomic E-state index is -2.55. The van der Waals surface area contributed by atoms with Gasteiger partial charge in [-0.3, -0.25) is 4.79 Å². The number of thiophene rings is 1. The van der Waals surface area contributed by atoms with E-state index in [1.807, 2.05) is 12.1 Å². The van der Waals surface area contributed by atoms with Gasteiger partial charge >= 0.3 is 0 Å². The van der Waals surface area contributed by atoms with Crippen LogP contribution in [0, 0.1) is 0 Å². The molecule has 0 saturated heterocycles. The van der Waals surface area contributed by atoms with E-state index in [4.69, 9.17) is 4.43 Å². The third kappa shape index (κ3) is 6.85. The molecule has 4 rings (SSSR count). The Hall–Kier alpha value is -3.25. The molecule has 0 aliphatic heterocycles. The Balaban J connectivity index is 1.53. The van der Waals surface area contributed by atoms with E-state index < -0.39 is 8.32 Å². The van der Waals surface area contributed by atoms with Gasteiger partial charge in [0.05, 0.1) is 11.5 Å². The van der Waals surface area contributed by atoms with E-state index in [0.717, 1.165) is 41.1 Å². The largest absolute Gasteiger partial charge is 0.406 e. The quantitative estimate of drug-likeness (QED) is 0.134. The maximum Gasteiger partial charge on any atom is 0.261 e. The first-order valence-electron chi connectivity index (χ1n) is 13.7. The SMILES string of the molecule is CCCN(CCO[Si](c1ccccc1)(c1ccccc1)C(C)(C)C)c1ccc(C=Cc2ccc(C=O)s2)cc1. The summed E-state index contributed by atoms with van der Waals surface area (Å²) in [5.74, 6) is 0. The van der Waals surface area contributed by atoms with E-state index in [2.05, 4.69) is 130 Å². The Morgan fingerprint density at radius 3 is 1.87 bits per heavy atom. The van der Waals surface area contributed by atoms with Crippen molar-refractivity contribution in [2.45, 2.75) is 39.2 Å². The van der Waals surface area contributed by atoms with Gasteiger partial charge in [-0.25, -0.2) is 0 Å². The molecule has 202 valence electrons. The van der Waals surface area contributed by atoms with Crippen LogP contribution in [0.25, 0.3) is 12.2 Å². The number of benzene rings is 3. The number of hydrogen-bond donors (Lipinski definition) is 0. The molecule has 0 atom stereocenters. The third-order valence-electron chi connectivity index (χ3n) is 7.05. The van der Waals surface area contributed by atoms with Gasteiger partial charge in [0.25, 0.3) is 8.32 Å². The van der Waals surface area contributed by atoms with Gasteiger partial charge in [-0.1, -0.05) is 107 Å². The maximum atomic E-state index is 10.9. The number of rotatable bonds is 12. The van der Waals surface area contributed by atoms with Gasteiger partial charge in [0.15, 0.2) is 6.29 Å². The molecule has 0 aliphatic rings. The molecule has 3 aromatic carbocycles. The Bertz CT molecular complexity index is 1300. The smallest absolute Gasteiger partial charge is 0.261 e. The fourth-order valence-corrected chi connectivity index (χ4v) is 10.5. The summed E-state index contributed by atoms with van der Waals surface area (Å²) >= 11 is 1.50. The van der Waals surface area contributed by atoms with Crippen molar-refractivity contribution in [2.24, 2.45) is 0 Å². The van der Waals surface area contributed by atoms with E-state index in [0.29, 0.717) is 6.61 Å². The van der Waals surface area contributed by atoms with Crippen molar-refractivity contribution >= 4 is 54.2 Å². The molecule has 0 aliphatic carbocycles. The Kier molecular flexibility index (Phi) is 9.73. The number of hydrogen-bond acceptors (Lipinski definition) is 4. The number of carbonyl (C=O) groups is 1. The highest BCUT2D eigenvalue weighted by Gasteiger charge is 2.50. The molecule has 0 fully saturated rings. The van der Waals surface area contributed by atoms with Crippen LogP contribution in [-0.2, 0) is 4.43 Å². The van der Waals surface area contributed by atoms with Crippen LogP contribution in [0.1, 0.15) is 54.2 Å². The van der Waals surface area contributed by atoms with Crippen LogP contribution in [-0.4, -0.2) is 34.3 Å². The fourth-order valence-electron chi connectivity index (χ4n) is 5.21. The van der Waals surface area contributed by atoms with E-state index in [-0.39, 0.29) is 5.04 Å². The Morgan fingerprint density at radius 2 is 1.36 bits per heavy atom. The number of aldehydes is 1. The lowest BCUT2D eigenvalue weighted by Gasteiger charge is -2.43. The lowest BCUT2D eigenvalue weighted by atomic mass is 10.1. The monoisotopic (exact) mass is 553 g/mol. The zero-order valence-electron chi connectivity index (χ0n) is 23.5. The summed E-state index contributed by atoms with van der Waals surface area (Å²) in [6.45, 7) is 11.7. The average molecular weight is 554 g/mol. The molecule has 0 N–H and O–H groups in total. The summed E-state index contributed by atoms with van der Waals surface area (Å²) in [6.07, 6.45) is 6.13. The fraction of sp³-hybridized carbons (Fsp3) is 0.265. The summed E-state index contributed by atoms with van der Waals surface area (Å²) in [5, 5.41) is 2.59. The molecule has 0 radical (unpaired) electrons. The van der Waals surface area contributed by atoms with Crippen LogP contribution < -0.4 is 15.3 Å². The van der Waals surface area contributed by atoms with Crippen LogP contribution in [0.4, 0.5) is 5.69 Å². The Morgan fingerprint density at radius 1 is 0.769 bits per heavy atom. The molecule has 4 aromatic rings. The van der Waals surface area contributed by atoms with Crippen molar-refractivity contribution in [1.29, 1.82) is 0 Å². The van der Waals surface area contributed by atoms with E-state index in [1.165, 1.54) is 27.4 Å². The standard InChI is InChI=1S/C34H39NO2SSi/c1-5-24-35(29-19-16-28(17-20-29)18-21-30-22-23-31(27-36)38-30)25-26-37-39(34(2,3)4,32-12-8-6-9-13-32)33-14-10-7-11-15-33/h6-23,27H,5,24-26H2,1-4H3. The second kappa shape index (κ2) is 13.2. The predicted molar refractivity (Wildman–Crippen MR) is 171 cm³/mol. The molecular weight excluding hydrogens is 515 g/mol. The molecule has 0 bridgehead atoms. The molecule has 0 unspecified atom stereocenters. The van der Waals surface area contributed by atoms with E-state index in [1.54, 1.807) is 0 Å². The van der Waals surface area contributed by atoms with Crippen molar-refractivity contribution < 1.29 is 9.22 Å². The molecule has 0 spiro atoms. The van der Waals surface area contributed by atoms with Crippen LogP contribution in [0.5, 0.6) is 0 Å².